The lowest BCUT2D eigenvalue weighted by Crippen LogP contribution is -2.25. The van der Waals surface area contributed by atoms with Gasteiger partial charge in [-0.1, -0.05) is 6.92 Å². The molecular formula is C8H19NS. The third-order valence-corrected chi connectivity index (χ3v) is 6.49. The fraction of sp³-hybridized carbons (Fsp3) is 1.00. The van der Waals surface area contributed by atoms with Crippen LogP contribution in [-0.4, -0.2) is 36.6 Å². The summed E-state index contributed by atoms with van der Waals surface area (Å²) in [6.07, 6.45) is 3.90. The lowest BCUT2D eigenvalue weighted by molar-refractivity contribution is 0.624. The van der Waals surface area contributed by atoms with Gasteiger partial charge in [0.25, 0.3) is 0 Å². The van der Waals surface area contributed by atoms with Crippen molar-refractivity contribution in [3.63, 3.8) is 0 Å². The monoisotopic (exact) mass is 161 g/mol. The van der Waals surface area contributed by atoms with Crippen LogP contribution in [0.15, 0.2) is 0 Å². The van der Waals surface area contributed by atoms with Crippen LogP contribution in [0.1, 0.15) is 13.3 Å². The molecule has 62 valence electrons. The minimum absolute atomic E-state index is 0.165. The van der Waals surface area contributed by atoms with Crippen LogP contribution in [0.3, 0.4) is 0 Å². The predicted molar refractivity (Wildman–Crippen MR) is 51.3 cm³/mol. The fourth-order valence-corrected chi connectivity index (χ4v) is 4.42. The summed E-state index contributed by atoms with van der Waals surface area (Å²) in [5.74, 6) is 4.38. The highest BCUT2D eigenvalue weighted by Gasteiger charge is 2.27. The Morgan fingerprint density at radius 3 is 2.60 bits per heavy atom. The van der Waals surface area contributed by atoms with Crippen molar-refractivity contribution in [2.75, 3.05) is 30.6 Å². The van der Waals surface area contributed by atoms with E-state index in [0.717, 1.165) is 6.04 Å². The number of nitrogens with one attached hydrogen (secondary N) is 1. The van der Waals surface area contributed by atoms with Gasteiger partial charge in [-0.25, -0.2) is 10.0 Å². The van der Waals surface area contributed by atoms with Crippen LogP contribution in [0.4, 0.5) is 0 Å². The van der Waals surface area contributed by atoms with E-state index in [2.05, 4.69) is 25.5 Å². The summed E-state index contributed by atoms with van der Waals surface area (Å²) < 4.78 is 0. The summed E-state index contributed by atoms with van der Waals surface area (Å²) in [6.45, 7) is 2.34. The average Bonchev–Trinajstić information content (AvgIpc) is 2.33. The van der Waals surface area contributed by atoms with Gasteiger partial charge in [-0.15, -0.1) is 0 Å². The van der Waals surface area contributed by atoms with Crippen molar-refractivity contribution in [1.82, 2.24) is 5.32 Å². The molecular weight excluding hydrogens is 142 g/mol. The second kappa shape index (κ2) is 3.14. The van der Waals surface area contributed by atoms with E-state index in [-0.39, 0.29) is 10.0 Å². The molecule has 0 aliphatic carbocycles. The summed E-state index contributed by atoms with van der Waals surface area (Å²) >= 11 is 0. The molecule has 0 bridgehead atoms. The Morgan fingerprint density at radius 1 is 1.60 bits per heavy atom. The highest BCUT2D eigenvalue weighted by Crippen LogP contribution is 2.49. The van der Waals surface area contributed by atoms with E-state index >= 15 is 0 Å². The van der Waals surface area contributed by atoms with Crippen LogP contribution < -0.4 is 5.32 Å². The van der Waals surface area contributed by atoms with E-state index in [1.807, 2.05) is 0 Å². The fourth-order valence-electron chi connectivity index (χ4n) is 1.57. The molecule has 0 aromatic carbocycles. The topological polar surface area (TPSA) is 12.0 Å². The van der Waals surface area contributed by atoms with Crippen LogP contribution in [0.5, 0.6) is 0 Å². The number of hydrogen-bond donors (Lipinski definition) is 1. The second-order valence-electron chi connectivity index (χ2n) is 3.41. The highest BCUT2D eigenvalue weighted by atomic mass is 32.3. The molecule has 0 aromatic rings. The first-order chi connectivity index (χ1) is 4.70. The molecule has 1 aliphatic rings. The third kappa shape index (κ3) is 1.67. The van der Waals surface area contributed by atoms with Gasteiger partial charge in [0.05, 0.1) is 0 Å². The molecule has 1 heterocycles. The summed E-state index contributed by atoms with van der Waals surface area (Å²) in [5, 5.41) is 3.37. The molecule has 1 rings (SSSR count). The lowest BCUT2D eigenvalue weighted by Gasteiger charge is -2.28. The summed E-state index contributed by atoms with van der Waals surface area (Å²) in [6, 6.07) is 0.833. The zero-order chi connectivity index (χ0) is 7.61. The standard InChI is InChI=1S/C8H19NS/c1-4-10(3)6-5-8(7-10)9-2/h8-9H,4-7H2,1-3H3. The van der Waals surface area contributed by atoms with Crippen molar-refractivity contribution < 1.29 is 0 Å². The Labute approximate surface area is 65.9 Å². The third-order valence-electron chi connectivity index (χ3n) is 2.67. The SMILES string of the molecule is CCS1(C)CCC(NC)C1. The Hall–Kier alpha value is 0.310. The van der Waals surface area contributed by atoms with Crippen molar-refractivity contribution in [2.45, 2.75) is 19.4 Å². The quantitative estimate of drug-likeness (QED) is 0.646. The van der Waals surface area contributed by atoms with Gasteiger partial charge in [0.15, 0.2) is 0 Å². The first-order valence-electron chi connectivity index (χ1n) is 4.09. The lowest BCUT2D eigenvalue weighted by atomic mass is 10.3. The molecule has 10 heavy (non-hydrogen) atoms. The maximum atomic E-state index is 3.37. The molecule has 2 unspecified atom stereocenters. The first-order valence-corrected chi connectivity index (χ1v) is 6.64. The summed E-state index contributed by atoms with van der Waals surface area (Å²) in [7, 11) is 1.92. The van der Waals surface area contributed by atoms with Gasteiger partial charge < -0.3 is 5.32 Å². The van der Waals surface area contributed by atoms with E-state index in [1.165, 1.54) is 23.7 Å². The Kier molecular flexibility index (Phi) is 2.64. The van der Waals surface area contributed by atoms with E-state index < -0.39 is 0 Å². The maximum Gasteiger partial charge on any atom is 0.0147 e. The van der Waals surface area contributed by atoms with Gasteiger partial charge in [0.2, 0.25) is 0 Å². The van der Waals surface area contributed by atoms with E-state index in [1.54, 1.807) is 0 Å². The van der Waals surface area contributed by atoms with Crippen molar-refractivity contribution in [3.8, 4) is 0 Å². The molecule has 1 aliphatic heterocycles. The van der Waals surface area contributed by atoms with Crippen molar-refractivity contribution in [2.24, 2.45) is 0 Å². The van der Waals surface area contributed by atoms with Crippen LogP contribution in [-0.2, 0) is 0 Å². The largest absolute Gasteiger partial charge is 0.316 e. The molecule has 0 radical (unpaired) electrons. The molecule has 1 nitrogen and oxygen atoms in total. The van der Waals surface area contributed by atoms with Gasteiger partial charge in [-0.2, -0.15) is 0 Å². The van der Waals surface area contributed by atoms with Crippen LogP contribution in [0, 0.1) is 0 Å². The Morgan fingerprint density at radius 2 is 2.30 bits per heavy atom. The molecule has 1 N–H and O–H groups in total. The molecule has 0 saturated carbocycles. The van der Waals surface area contributed by atoms with Crippen LogP contribution in [0.25, 0.3) is 0 Å². The van der Waals surface area contributed by atoms with Gasteiger partial charge >= 0.3 is 0 Å². The summed E-state index contributed by atoms with van der Waals surface area (Å²) in [5.41, 5.74) is 0. The molecule has 2 atom stereocenters. The molecule has 1 saturated heterocycles. The van der Waals surface area contributed by atoms with Gasteiger partial charge in [0, 0.05) is 6.04 Å². The highest BCUT2D eigenvalue weighted by molar-refractivity contribution is 8.33. The number of hydrogen-bond acceptors (Lipinski definition) is 1. The van der Waals surface area contributed by atoms with Crippen LogP contribution >= 0.6 is 10.0 Å². The van der Waals surface area contributed by atoms with Crippen LogP contribution in [0.2, 0.25) is 0 Å². The first kappa shape index (κ1) is 8.41. The van der Waals surface area contributed by atoms with E-state index in [4.69, 9.17) is 0 Å². The average molecular weight is 161 g/mol. The molecule has 1 fully saturated rings. The predicted octanol–water partition coefficient (Wildman–Crippen LogP) is 1.43. The minimum atomic E-state index is -0.165. The minimum Gasteiger partial charge on any atom is -0.316 e. The van der Waals surface area contributed by atoms with Gasteiger partial charge in [-0.3, -0.25) is 0 Å². The van der Waals surface area contributed by atoms with Gasteiger partial charge in [-0.05, 0) is 37.0 Å². The Bertz CT molecular complexity index is 116. The van der Waals surface area contributed by atoms with Gasteiger partial charge in [0.1, 0.15) is 0 Å². The smallest absolute Gasteiger partial charge is 0.0147 e. The van der Waals surface area contributed by atoms with Crippen molar-refractivity contribution in [1.29, 1.82) is 0 Å². The molecule has 0 spiro atoms. The molecule has 0 amide bonds. The van der Waals surface area contributed by atoms with E-state index in [0.29, 0.717) is 0 Å². The Balaban J connectivity index is 2.41. The summed E-state index contributed by atoms with van der Waals surface area (Å²) in [4.78, 5) is 0. The zero-order valence-corrected chi connectivity index (χ0v) is 8.13. The molecule has 0 aromatic heterocycles. The maximum absolute atomic E-state index is 3.37. The molecule has 2 heteroatoms. The number of rotatable bonds is 2. The zero-order valence-electron chi connectivity index (χ0n) is 7.31. The van der Waals surface area contributed by atoms with E-state index in [9.17, 15) is 0 Å². The van der Waals surface area contributed by atoms with Crippen molar-refractivity contribution in [3.05, 3.63) is 0 Å². The normalized spacial score (nSPS) is 46.9. The van der Waals surface area contributed by atoms with Crippen molar-refractivity contribution >= 4 is 10.0 Å². The second-order valence-corrected chi connectivity index (χ2v) is 7.69.